The summed E-state index contributed by atoms with van der Waals surface area (Å²) in [6.07, 6.45) is 5.51. The number of aryl methyl sites for hydroxylation is 2. The fourth-order valence-electron chi connectivity index (χ4n) is 5.10. The molecule has 2 aliphatic rings. The summed E-state index contributed by atoms with van der Waals surface area (Å²) in [5, 5.41) is 3.76. The molecule has 0 unspecified atom stereocenters. The number of nitrogens with zero attached hydrogens (tertiary/aromatic N) is 3. The lowest BCUT2D eigenvalue weighted by Crippen LogP contribution is -2.65. The minimum atomic E-state index is 0.000344. The number of carbonyl (C=O) groups is 1. The van der Waals surface area contributed by atoms with E-state index in [2.05, 4.69) is 27.2 Å². The highest BCUT2D eigenvalue weighted by Gasteiger charge is 2.51. The second kappa shape index (κ2) is 10.3. The highest BCUT2D eigenvalue weighted by Crippen LogP contribution is 2.47. The molecule has 1 amide bonds. The first-order valence-corrected chi connectivity index (χ1v) is 12.5. The molecule has 0 bridgehead atoms. The second-order valence-electron chi connectivity index (χ2n) is 9.50. The molecule has 2 fully saturated rings. The maximum absolute atomic E-state index is 12.8. The van der Waals surface area contributed by atoms with Crippen LogP contribution in [0.1, 0.15) is 48.3 Å². The molecule has 0 atom stereocenters. The Morgan fingerprint density at radius 2 is 1.83 bits per heavy atom. The Hall–Kier alpha value is -2.96. The molecule has 1 aliphatic carbocycles. The predicted molar refractivity (Wildman–Crippen MR) is 140 cm³/mol. The van der Waals surface area contributed by atoms with Crippen molar-refractivity contribution < 1.29 is 9.53 Å². The van der Waals surface area contributed by atoms with Crippen LogP contribution >= 0.6 is 11.6 Å². The van der Waals surface area contributed by atoms with Crippen LogP contribution in [0.5, 0.6) is 11.5 Å². The summed E-state index contributed by atoms with van der Waals surface area (Å²) in [7, 11) is 2.15. The van der Waals surface area contributed by atoms with Crippen LogP contribution in [0.4, 0.5) is 0 Å². The van der Waals surface area contributed by atoms with Crippen LogP contribution in [0, 0.1) is 19.3 Å². The lowest BCUT2D eigenvalue weighted by atomic mass is 9.61. The minimum Gasteiger partial charge on any atom is -0.456 e. The van der Waals surface area contributed by atoms with Gasteiger partial charge in [0.1, 0.15) is 11.5 Å². The molecular formula is C28H33ClN4O2. The molecule has 1 saturated carbocycles. The Bertz CT molecular complexity index is 1220. The number of hydrogen-bond donors (Lipinski definition) is 1. The zero-order valence-electron chi connectivity index (χ0n) is 21.1. The van der Waals surface area contributed by atoms with Crippen LogP contribution in [-0.4, -0.2) is 47.0 Å². The number of amides is 1. The lowest BCUT2D eigenvalue weighted by Gasteiger charge is -2.58. The first-order chi connectivity index (χ1) is 16.8. The van der Waals surface area contributed by atoms with Gasteiger partial charge < -0.3 is 15.0 Å². The Kier molecular flexibility index (Phi) is 7.43. The number of pyridine rings is 2. The number of carbonyl (C=O) groups excluding carboxylic acids is 1. The highest BCUT2D eigenvalue weighted by atomic mass is 35.5. The van der Waals surface area contributed by atoms with Crippen molar-refractivity contribution in [3.05, 3.63) is 70.6 Å². The summed E-state index contributed by atoms with van der Waals surface area (Å²) in [6, 6.07) is 11.5. The normalized spacial score (nSPS) is 16.5. The Labute approximate surface area is 212 Å². The third-order valence-corrected chi connectivity index (χ3v) is 7.02. The highest BCUT2D eigenvalue weighted by molar-refractivity contribution is 6.31. The van der Waals surface area contributed by atoms with Gasteiger partial charge in [-0.3, -0.25) is 14.8 Å². The number of rotatable bonds is 5. The zero-order chi connectivity index (χ0) is 25.2. The van der Waals surface area contributed by atoms with E-state index in [1.165, 1.54) is 0 Å². The van der Waals surface area contributed by atoms with Gasteiger partial charge in [-0.25, -0.2) is 0 Å². The Morgan fingerprint density at radius 3 is 2.49 bits per heavy atom. The molecule has 0 radical (unpaired) electrons. The van der Waals surface area contributed by atoms with Crippen molar-refractivity contribution in [1.82, 2.24) is 20.2 Å². The number of nitrogens with one attached hydrogen (secondary N) is 1. The summed E-state index contributed by atoms with van der Waals surface area (Å²) in [5.74, 6) is 1.21. The maximum Gasteiger partial charge on any atom is 0.251 e. The van der Waals surface area contributed by atoms with E-state index >= 15 is 0 Å². The number of halogens is 1. The average Bonchev–Trinajstić information content (AvgIpc) is 2.80. The molecular weight excluding hydrogens is 460 g/mol. The molecule has 1 spiro atoms. The van der Waals surface area contributed by atoms with Crippen LogP contribution in [0.3, 0.4) is 0 Å². The molecule has 184 valence electrons. The number of aromatic nitrogens is 2. The fraction of sp³-hybridized carbons (Fsp3) is 0.393. The largest absolute Gasteiger partial charge is 0.456 e. The van der Waals surface area contributed by atoms with E-state index in [0.717, 1.165) is 48.4 Å². The molecule has 1 N–H and O–H groups in total. The van der Waals surface area contributed by atoms with Crippen molar-refractivity contribution in [2.45, 2.75) is 46.6 Å². The van der Waals surface area contributed by atoms with Crippen LogP contribution in [-0.2, 0) is 0 Å². The predicted octanol–water partition coefficient (Wildman–Crippen LogP) is 6.06. The third-order valence-electron chi connectivity index (χ3n) is 6.64. The summed E-state index contributed by atoms with van der Waals surface area (Å²) in [5.41, 5.74) is 4.53. The van der Waals surface area contributed by atoms with Gasteiger partial charge in [0.15, 0.2) is 0 Å². The standard InChI is InChI=1S/C26H27ClN4O2.C2H6/c1-16-8-18(4-5-22(16)25(32)30-19-11-26(12-19)14-31(3)15-26)24-10-20(6-7-28-24)33-21-9-23(27)17(2)29-13-21;1-2/h4-10,13,19H,11-12,14-15H2,1-3H3,(H,30,32);1-2H3. The topological polar surface area (TPSA) is 67.3 Å². The van der Waals surface area contributed by atoms with Gasteiger partial charge in [-0.2, -0.15) is 0 Å². The molecule has 3 heterocycles. The van der Waals surface area contributed by atoms with Crippen molar-refractivity contribution >= 4 is 17.5 Å². The quantitative estimate of drug-likeness (QED) is 0.469. The summed E-state index contributed by atoms with van der Waals surface area (Å²) < 4.78 is 5.91. The SMILES string of the molecule is CC.Cc1cc(-c2cc(Oc3cnc(C)c(Cl)c3)ccn2)ccc1C(=O)NC1CC2(C1)CN(C)C2. The van der Waals surface area contributed by atoms with Gasteiger partial charge >= 0.3 is 0 Å². The van der Waals surface area contributed by atoms with E-state index in [9.17, 15) is 4.79 Å². The van der Waals surface area contributed by atoms with Crippen molar-refractivity contribution in [3.8, 4) is 22.8 Å². The van der Waals surface area contributed by atoms with Gasteiger partial charge in [0.2, 0.25) is 0 Å². The second-order valence-corrected chi connectivity index (χ2v) is 9.90. The third kappa shape index (κ3) is 5.49. The number of likely N-dealkylation sites (tertiary alicyclic amines) is 1. The summed E-state index contributed by atoms with van der Waals surface area (Å²) in [6.45, 7) is 10.1. The number of benzene rings is 1. The van der Waals surface area contributed by atoms with Gasteiger partial charge in [-0.1, -0.05) is 31.5 Å². The molecule has 1 aliphatic heterocycles. The van der Waals surface area contributed by atoms with E-state index in [0.29, 0.717) is 27.5 Å². The van der Waals surface area contributed by atoms with E-state index in [1.54, 1.807) is 24.5 Å². The van der Waals surface area contributed by atoms with E-state index in [4.69, 9.17) is 16.3 Å². The first-order valence-electron chi connectivity index (χ1n) is 12.2. The zero-order valence-corrected chi connectivity index (χ0v) is 21.8. The van der Waals surface area contributed by atoms with E-state index in [-0.39, 0.29) is 11.9 Å². The van der Waals surface area contributed by atoms with Crippen molar-refractivity contribution in [1.29, 1.82) is 0 Å². The maximum atomic E-state index is 12.8. The Morgan fingerprint density at radius 1 is 1.09 bits per heavy atom. The van der Waals surface area contributed by atoms with Crippen LogP contribution in [0.25, 0.3) is 11.3 Å². The molecule has 6 nitrogen and oxygen atoms in total. The number of hydrogen-bond acceptors (Lipinski definition) is 5. The first kappa shape index (κ1) is 25.1. The van der Waals surface area contributed by atoms with Gasteiger partial charge in [-0.05, 0) is 62.9 Å². The smallest absolute Gasteiger partial charge is 0.251 e. The molecule has 5 rings (SSSR count). The number of ether oxygens (including phenoxy) is 1. The van der Waals surface area contributed by atoms with Crippen LogP contribution in [0.15, 0.2) is 48.8 Å². The van der Waals surface area contributed by atoms with Gasteiger partial charge in [-0.15, -0.1) is 0 Å². The van der Waals surface area contributed by atoms with Gasteiger partial charge in [0, 0.05) is 48.6 Å². The summed E-state index contributed by atoms with van der Waals surface area (Å²) >= 11 is 6.15. The molecule has 1 saturated heterocycles. The van der Waals surface area contributed by atoms with Crippen LogP contribution < -0.4 is 10.1 Å². The summed E-state index contributed by atoms with van der Waals surface area (Å²) in [4.78, 5) is 23.9. The van der Waals surface area contributed by atoms with Gasteiger partial charge in [0.05, 0.1) is 22.6 Å². The van der Waals surface area contributed by atoms with Crippen molar-refractivity contribution in [2.75, 3.05) is 20.1 Å². The Balaban J connectivity index is 0.00000141. The molecule has 7 heteroatoms. The monoisotopic (exact) mass is 492 g/mol. The van der Waals surface area contributed by atoms with Gasteiger partial charge in [0.25, 0.3) is 5.91 Å². The van der Waals surface area contributed by atoms with Crippen molar-refractivity contribution in [2.24, 2.45) is 5.41 Å². The van der Waals surface area contributed by atoms with Crippen LogP contribution in [0.2, 0.25) is 5.02 Å². The van der Waals surface area contributed by atoms with E-state index in [1.807, 2.05) is 52.0 Å². The molecule has 3 aromatic rings. The fourth-order valence-corrected chi connectivity index (χ4v) is 5.26. The van der Waals surface area contributed by atoms with Crippen molar-refractivity contribution in [3.63, 3.8) is 0 Å². The average molecular weight is 493 g/mol. The molecule has 35 heavy (non-hydrogen) atoms. The van der Waals surface area contributed by atoms with E-state index < -0.39 is 0 Å². The molecule has 1 aromatic carbocycles. The minimum absolute atomic E-state index is 0.000344. The lowest BCUT2D eigenvalue weighted by molar-refractivity contribution is -0.0625. The molecule has 2 aromatic heterocycles.